The Morgan fingerprint density at radius 3 is 2.37 bits per heavy atom. The zero-order chi connectivity index (χ0) is 14.5. The van der Waals surface area contributed by atoms with Crippen molar-refractivity contribution in [3.05, 3.63) is 35.4 Å². The molecule has 1 aromatic carbocycles. The monoisotopic (exact) mass is 284 g/mol. The van der Waals surface area contributed by atoms with Crippen LogP contribution in [0.4, 0.5) is 0 Å². The van der Waals surface area contributed by atoms with E-state index in [0.29, 0.717) is 12.3 Å². The fourth-order valence-corrected chi connectivity index (χ4v) is 2.60. The van der Waals surface area contributed by atoms with Gasteiger partial charge in [0.2, 0.25) is 5.52 Å². The molecule has 1 aromatic rings. The quantitative estimate of drug-likeness (QED) is 0.778. The highest BCUT2D eigenvalue weighted by Crippen LogP contribution is 2.43. The molecule has 1 N–H and O–H groups in total. The van der Waals surface area contributed by atoms with Gasteiger partial charge in [-0.2, -0.15) is 0 Å². The number of aryl methyl sites for hydroxylation is 1. The van der Waals surface area contributed by atoms with E-state index in [-0.39, 0.29) is 13.0 Å². The molecule has 0 saturated heterocycles. The van der Waals surface area contributed by atoms with Crippen LogP contribution < -0.4 is 0 Å². The van der Waals surface area contributed by atoms with Crippen molar-refractivity contribution < 1.29 is 18.8 Å². The molecule has 0 aliphatic heterocycles. The highest BCUT2D eigenvalue weighted by Gasteiger charge is 2.28. The van der Waals surface area contributed by atoms with Gasteiger partial charge in [0, 0.05) is 6.42 Å². The van der Waals surface area contributed by atoms with Gasteiger partial charge in [0.05, 0.1) is 6.61 Å². The summed E-state index contributed by atoms with van der Waals surface area (Å²) in [7, 11) is -4.08. The second-order valence-corrected chi connectivity index (χ2v) is 6.53. The second-order valence-electron chi connectivity index (χ2n) is 4.73. The smallest absolute Gasteiger partial charge is 0.319 e. The van der Waals surface area contributed by atoms with Crippen molar-refractivity contribution in [1.82, 2.24) is 0 Å². The molecule has 106 valence electrons. The lowest BCUT2D eigenvalue weighted by atomic mass is 10.0. The first-order valence-electron chi connectivity index (χ1n) is 6.46. The van der Waals surface area contributed by atoms with Crippen LogP contribution in [-0.2, 0) is 20.3 Å². The molecule has 0 saturated carbocycles. The number of hydrogen-bond donors (Lipinski definition) is 1. The fraction of sp³-hybridized carbons (Fsp3) is 0.500. The maximum atomic E-state index is 11.6. The Bertz CT molecular complexity index is 465. The number of benzene rings is 1. The third kappa shape index (κ3) is 4.90. The minimum atomic E-state index is -4.08. The van der Waals surface area contributed by atoms with Crippen molar-refractivity contribution in [3.63, 3.8) is 0 Å². The zero-order valence-corrected chi connectivity index (χ0v) is 12.5. The van der Waals surface area contributed by atoms with Gasteiger partial charge in [0.15, 0.2) is 0 Å². The van der Waals surface area contributed by atoms with Gasteiger partial charge in [-0.25, -0.2) is 0 Å². The lowest BCUT2D eigenvalue weighted by Crippen LogP contribution is -2.04. The molecule has 0 heterocycles. The fourth-order valence-electron chi connectivity index (χ4n) is 1.71. The van der Waals surface area contributed by atoms with Crippen molar-refractivity contribution >= 4 is 13.1 Å². The Labute approximate surface area is 114 Å². The van der Waals surface area contributed by atoms with E-state index in [4.69, 9.17) is 0 Å². The molecular formula is C14H21O4P. The van der Waals surface area contributed by atoms with Gasteiger partial charge in [-0.3, -0.25) is 9.36 Å². The molecule has 19 heavy (non-hydrogen) atoms. The standard InChI is InChI=1S/C14H21O4P/c1-4-18-19(16,17)14(15)10-7-12-5-8-13(9-6-12)11(2)3/h5-6,8-9,11H,4,7,10H2,1-3H3,(H,16,17). The Morgan fingerprint density at radius 1 is 1.32 bits per heavy atom. The van der Waals surface area contributed by atoms with E-state index < -0.39 is 13.1 Å². The molecule has 0 bridgehead atoms. The number of rotatable bonds is 7. The maximum Gasteiger partial charge on any atom is 0.394 e. The number of hydrogen-bond acceptors (Lipinski definition) is 3. The van der Waals surface area contributed by atoms with Gasteiger partial charge < -0.3 is 9.42 Å². The van der Waals surface area contributed by atoms with Crippen molar-refractivity contribution in [1.29, 1.82) is 0 Å². The van der Waals surface area contributed by atoms with E-state index in [9.17, 15) is 14.3 Å². The zero-order valence-electron chi connectivity index (χ0n) is 11.6. The molecule has 0 radical (unpaired) electrons. The summed E-state index contributed by atoms with van der Waals surface area (Å²) in [6, 6.07) is 7.94. The third-order valence-electron chi connectivity index (χ3n) is 2.89. The van der Waals surface area contributed by atoms with Gasteiger partial charge in [-0.15, -0.1) is 0 Å². The number of carbonyl (C=O) groups excluding carboxylic acids is 1. The first kappa shape index (κ1) is 16.1. The summed E-state index contributed by atoms with van der Waals surface area (Å²) >= 11 is 0. The molecule has 5 heteroatoms. The summed E-state index contributed by atoms with van der Waals surface area (Å²) in [6.07, 6.45) is 0.476. The van der Waals surface area contributed by atoms with Crippen LogP contribution >= 0.6 is 7.60 Å². The SMILES string of the molecule is CCOP(=O)(O)C(=O)CCc1ccc(C(C)C)cc1. The summed E-state index contributed by atoms with van der Waals surface area (Å²) in [5, 5.41) is 0. The summed E-state index contributed by atoms with van der Waals surface area (Å²) in [5.41, 5.74) is 1.49. The van der Waals surface area contributed by atoms with Crippen LogP contribution in [0.2, 0.25) is 0 Å². The van der Waals surface area contributed by atoms with E-state index in [1.807, 2.05) is 24.3 Å². The Hall–Kier alpha value is -0.960. The molecule has 1 rings (SSSR count). The van der Waals surface area contributed by atoms with Gasteiger partial charge in [0.25, 0.3) is 0 Å². The van der Waals surface area contributed by atoms with Crippen LogP contribution in [-0.4, -0.2) is 17.0 Å². The van der Waals surface area contributed by atoms with Gasteiger partial charge in [0.1, 0.15) is 0 Å². The van der Waals surface area contributed by atoms with Gasteiger partial charge >= 0.3 is 7.60 Å². The predicted molar refractivity (Wildman–Crippen MR) is 75.3 cm³/mol. The Balaban J connectivity index is 2.57. The number of carbonyl (C=O) groups is 1. The summed E-state index contributed by atoms with van der Waals surface area (Å²) in [6.45, 7) is 5.87. The highest BCUT2D eigenvalue weighted by atomic mass is 31.2. The van der Waals surface area contributed by atoms with E-state index in [2.05, 4.69) is 18.4 Å². The second kappa shape index (κ2) is 6.99. The summed E-state index contributed by atoms with van der Waals surface area (Å²) in [5.74, 6) is 0.464. The molecule has 4 nitrogen and oxygen atoms in total. The maximum absolute atomic E-state index is 11.6. The van der Waals surface area contributed by atoms with Gasteiger partial charge in [-0.1, -0.05) is 38.1 Å². The molecule has 1 atom stereocenters. The van der Waals surface area contributed by atoms with Crippen molar-refractivity contribution in [2.45, 2.75) is 39.5 Å². The molecule has 0 spiro atoms. The molecule has 1 unspecified atom stereocenters. The molecule has 0 aromatic heterocycles. The van der Waals surface area contributed by atoms with E-state index in [1.165, 1.54) is 5.56 Å². The van der Waals surface area contributed by atoms with Crippen molar-refractivity contribution in [2.75, 3.05) is 6.61 Å². The summed E-state index contributed by atoms with van der Waals surface area (Å²) < 4.78 is 16.1. The molecule has 0 fully saturated rings. The molecular weight excluding hydrogens is 263 g/mol. The average molecular weight is 284 g/mol. The third-order valence-corrected chi connectivity index (χ3v) is 4.36. The average Bonchev–Trinajstić information content (AvgIpc) is 2.36. The van der Waals surface area contributed by atoms with E-state index >= 15 is 0 Å². The normalized spacial score (nSPS) is 14.4. The Morgan fingerprint density at radius 2 is 1.89 bits per heavy atom. The topological polar surface area (TPSA) is 63.6 Å². The highest BCUT2D eigenvalue weighted by molar-refractivity contribution is 7.70. The Kier molecular flexibility index (Phi) is 5.92. The summed E-state index contributed by atoms with van der Waals surface area (Å²) in [4.78, 5) is 20.9. The van der Waals surface area contributed by atoms with Crippen LogP contribution in [0.3, 0.4) is 0 Å². The van der Waals surface area contributed by atoms with Gasteiger partial charge in [-0.05, 0) is 30.4 Å². The van der Waals surface area contributed by atoms with Crippen molar-refractivity contribution in [3.8, 4) is 0 Å². The minimum absolute atomic E-state index is 0.0226. The van der Waals surface area contributed by atoms with Crippen LogP contribution in [0.25, 0.3) is 0 Å². The van der Waals surface area contributed by atoms with Crippen LogP contribution in [0.15, 0.2) is 24.3 Å². The van der Waals surface area contributed by atoms with Crippen LogP contribution in [0, 0.1) is 0 Å². The minimum Gasteiger partial charge on any atom is -0.319 e. The van der Waals surface area contributed by atoms with Crippen LogP contribution in [0.1, 0.15) is 44.2 Å². The lowest BCUT2D eigenvalue weighted by molar-refractivity contribution is -0.113. The predicted octanol–water partition coefficient (Wildman–Crippen LogP) is 3.49. The lowest BCUT2D eigenvalue weighted by Gasteiger charge is -2.10. The largest absolute Gasteiger partial charge is 0.394 e. The first-order valence-corrected chi connectivity index (χ1v) is 8.04. The van der Waals surface area contributed by atoms with E-state index in [0.717, 1.165) is 5.56 Å². The molecule has 0 aliphatic rings. The van der Waals surface area contributed by atoms with E-state index in [1.54, 1.807) is 6.92 Å². The van der Waals surface area contributed by atoms with Crippen molar-refractivity contribution in [2.24, 2.45) is 0 Å². The molecule has 0 aliphatic carbocycles. The molecule has 0 amide bonds. The first-order chi connectivity index (χ1) is 8.86. The van der Waals surface area contributed by atoms with Crippen LogP contribution in [0.5, 0.6) is 0 Å².